The molecule has 6 nitrogen and oxygen atoms in total. The highest BCUT2D eigenvalue weighted by Crippen LogP contribution is 2.69. The minimum atomic E-state index is -2.13. The fourth-order valence-corrected chi connectivity index (χ4v) is 7.62. The monoisotopic (exact) mass is 451 g/mol. The van der Waals surface area contributed by atoms with Crippen LogP contribution in [0.5, 0.6) is 0 Å². The van der Waals surface area contributed by atoms with Gasteiger partial charge in [0, 0.05) is 17.3 Å². The zero-order chi connectivity index (χ0) is 23.1. The Bertz CT molecular complexity index is 907. The molecule has 4 fully saturated rings. The third-order valence-electron chi connectivity index (χ3n) is 8.95. The van der Waals surface area contributed by atoms with E-state index in [2.05, 4.69) is 0 Å². The number of hydrogen-bond acceptors (Lipinski definition) is 6. The normalized spacial score (nSPS) is 51.5. The summed E-state index contributed by atoms with van der Waals surface area (Å²) in [5.74, 6) is -2.99. The Morgan fingerprint density at radius 3 is 2.78 bits per heavy atom. The first-order chi connectivity index (χ1) is 15.1. The molecule has 0 amide bonds. The number of ether oxygens (including phenoxy) is 2. The minimum absolute atomic E-state index is 0.0301. The highest BCUT2D eigenvalue weighted by Gasteiger charge is 2.78. The van der Waals surface area contributed by atoms with Crippen LogP contribution >= 0.6 is 0 Å². The van der Waals surface area contributed by atoms with Gasteiger partial charge in [0.05, 0.1) is 18.8 Å². The number of fused-ring (bicyclic) bond motifs is 7. The average molecular weight is 452 g/mol. The first kappa shape index (κ1) is 22.3. The number of hydrogen-bond donors (Lipinski definition) is 2. The van der Waals surface area contributed by atoms with Crippen molar-refractivity contribution < 1.29 is 33.0 Å². The second kappa shape index (κ2) is 7.26. The minimum Gasteiger partial charge on any atom is -0.390 e. The molecule has 0 aromatic carbocycles. The molecule has 1 heterocycles. The molecule has 10 atom stereocenters. The molecule has 0 bridgehead atoms. The lowest BCUT2D eigenvalue weighted by Gasteiger charge is -2.59. The first-order valence-electron chi connectivity index (χ1n) is 11.6. The lowest BCUT2D eigenvalue weighted by molar-refractivity contribution is -0.221. The number of alkyl halides is 2. The summed E-state index contributed by atoms with van der Waals surface area (Å²) >= 11 is 0. The summed E-state index contributed by atoms with van der Waals surface area (Å²) < 4.78 is 44.5. The highest BCUT2D eigenvalue weighted by molar-refractivity contribution is 6.01. The van der Waals surface area contributed by atoms with Crippen LogP contribution in [0.2, 0.25) is 0 Å². The van der Waals surface area contributed by atoms with Crippen molar-refractivity contribution in [3.8, 4) is 0 Å². The lowest BCUT2D eigenvalue weighted by Crippen LogP contribution is -2.68. The second-order valence-electron chi connectivity index (χ2n) is 10.3. The molecule has 8 heteroatoms. The van der Waals surface area contributed by atoms with Gasteiger partial charge in [-0.05, 0) is 49.3 Å². The maximum atomic E-state index is 16.8. The van der Waals surface area contributed by atoms with Gasteiger partial charge in [0.2, 0.25) is 0 Å². The van der Waals surface area contributed by atoms with Gasteiger partial charge >= 0.3 is 0 Å². The van der Waals surface area contributed by atoms with Crippen LogP contribution in [0.15, 0.2) is 23.8 Å². The standard InChI is InChI=1S/C24H31F2NO5/c1-3-4-21-31-20-9-15-16-8-17(25)13-7-12(28)5-6-14(13)23(16,26)18(29)10-22(15,2)24(20,32-21)19(30)11-27/h5-7,14-18,20-21,29H,3-4,8-11,27H2,1-2H3/t14?,15-,16-,17-,18-,20+,21?,22-,23-,24+/m0/s1. The maximum Gasteiger partial charge on any atom is 0.181 e. The summed E-state index contributed by atoms with van der Waals surface area (Å²) in [5.41, 5.74) is 1.42. The Morgan fingerprint density at radius 2 is 2.09 bits per heavy atom. The molecular formula is C24H31F2NO5. The molecule has 0 aromatic rings. The van der Waals surface area contributed by atoms with Gasteiger partial charge in [-0.25, -0.2) is 8.78 Å². The summed E-state index contributed by atoms with van der Waals surface area (Å²) in [6.07, 6.45) is 1.24. The number of ketones is 2. The molecule has 2 unspecified atom stereocenters. The molecule has 32 heavy (non-hydrogen) atoms. The predicted molar refractivity (Wildman–Crippen MR) is 111 cm³/mol. The number of allylic oxidation sites excluding steroid dienone is 4. The number of halogens is 2. The molecule has 4 aliphatic carbocycles. The largest absolute Gasteiger partial charge is 0.390 e. The van der Waals surface area contributed by atoms with Crippen molar-refractivity contribution in [2.24, 2.45) is 28.9 Å². The van der Waals surface area contributed by atoms with Crippen LogP contribution in [0.25, 0.3) is 0 Å². The van der Waals surface area contributed by atoms with E-state index in [0.717, 1.165) is 12.5 Å². The molecule has 3 saturated carbocycles. The zero-order valence-corrected chi connectivity index (χ0v) is 18.4. The molecular weight excluding hydrogens is 420 g/mol. The zero-order valence-electron chi connectivity index (χ0n) is 18.4. The maximum absolute atomic E-state index is 16.8. The quantitative estimate of drug-likeness (QED) is 0.681. The third-order valence-corrected chi connectivity index (χ3v) is 8.95. The Hall–Kier alpha value is -1.48. The van der Waals surface area contributed by atoms with E-state index in [1.54, 1.807) is 0 Å². The number of rotatable bonds is 4. The van der Waals surface area contributed by atoms with Crippen molar-refractivity contribution in [1.29, 1.82) is 0 Å². The summed E-state index contributed by atoms with van der Waals surface area (Å²) in [4.78, 5) is 25.1. The van der Waals surface area contributed by atoms with Crippen molar-refractivity contribution in [2.45, 2.75) is 81.9 Å². The molecule has 1 saturated heterocycles. The van der Waals surface area contributed by atoms with E-state index in [1.165, 1.54) is 12.2 Å². The van der Waals surface area contributed by atoms with Crippen LogP contribution < -0.4 is 5.73 Å². The number of carbonyl (C=O) groups is 2. The van der Waals surface area contributed by atoms with E-state index in [4.69, 9.17) is 15.2 Å². The summed E-state index contributed by atoms with van der Waals surface area (Å²) in [5, 5.41) is 11.2. The van der Waals surface area contributed by atoms with Crippen LogP contribution in [-0.4, -0.2) is 59.2 Å². The van der Waals surface area contributed by atoms with Gasteiger partial charge in [-0.15, -0.1) is 0 Å². The van der Waals surface area contributed by atoms with Crippen LogP contribution in [0.4, 0.5) is 8.78 Å². The average Bonchev–Trinajstić information content (AvgIpc) is 3.22. The number of Topliss-reactive ketones (excluding diaryl/α,β-unsaturated/α-hetero) is 1. The van der Waals surface area contributed by atoms with Gasteiger partial charge < -0.3 is 20.3 Å². The van der Waals surface area contributed by atoms with E-state index in [9.17, 15) is 14.7 Å². The van der Waals surface area contributed by atoms with Crippen LogP contribution in [0, 0.1) is 23.2 Å². The first-order valence-corrected chi connectivity index (χ1v) is 11.6. The van der Waals surface area contributed by atoms with Crippen molar-refractivity contribution in [3.63, 3.8) is 0 Å². The van der Waals surface area contributed by atoms with E-state index >= 15 is 8.78 Å². The number of aliphatic hydroxyl groups is 1. The molecule has 1 aliphatic heterocycles. The van der Waals surface area contributed by atoms with E-state index < -0.39 is 59.1 Å². The summed E-state index contributed by atoms with van der Waals surface area (Å²) in [6, 6.07) is 0. The number of aliphatic hydroxyl groups excluding tert-OH is 1. The molecule has 5 aliphatic rings. The molecule has 5 rings (SSSR count). The smallest absolute Gasteiger partial charge is 0.181 e. The molecule has 3 N–H and O–H groups in total. The van der Waals surface area contributed by atoms with Crippen LogP contribution in [0.1, 0.15) is 46.0 Å². The Kier molecular flexibility index (Phi) is 5.06. The van der Waals surface area contributed by atoms with Gasteiger partial charge in [0.25, 0.3) is 0 Å². The van der Waals surface area contributed by atoms with Gasteiger partial charge in [-0.1, -0.05) is 26.3 Å². The van der Waals surface area contributed by atoms with E-state index in [1.807, 2.05) is 13.8 Å². The molecule has 176 valence electrons. The number of nitrogens with two attached hydrogens (primary N) is 1. The Morgan fingerprint density at radius 1 is 1.34 bits per heavy atom. The van der Waals surface area contributed by atoms with Gasteiger partial charge in [-0.2, -0.15) is 0 Å². The SMILES string of the molecule is CCCC1O[C@@H]2C[C@H]3[C@@H]4C[C@H](F)C5=CC(=O)C=CC5[C@@]4(F)[C@@H](O)C[C@]3(C)[C@]2(C(=O)CN)O1. The van der Waals surface area contributed by atoms with E-state index in [0.29, 0.717) is 12.8 Å². The molecule has 0 spiro atoms. The predicted octanol–water partition coefficient (Wildman–Crippen LogP) is 2.33. The number of carbonyl (C=O) groups excluding carboxylic acids is 2. The third kappa shape index (κ3) is 2.58. The topological polar surface area (TPSA) is 98.9 Å². The van der Waals surface area contributed by atoms with Crippen molar-refractivity contribution in [2.75, 3.05) is 6.54 Å². The summed E-state index contributed by atoms with van der Waals surface area (Å²) in [6.45, 7) is 3.57. The fraction of sp³-hybridized carbons (Fsp3) is 0.750. The molecule has 0 aromatic heterocycles. The van der Waals surface area contributed by atoms with Crippen molar-refractivity contribution >= 4 is 11.6 Å². The van der Waals surface area contributed by atoms with E-state index in [-0.39, 0.29) is 36.5 Å². The lowest BCUT2D eigenvalue weighted by atomic mass is 9.48. The fourth-order valence-electron chi connectivity index (χ4n) is 7.62. The van der Waals surface area contributed by atoms with Crippen molar-refractivity contribution in [1.82, 2.24) is 0 Å². The second-order valence-corrected chi connectivity index (χ2v) is 10.3. The van der Waals surface area contributed by atoms with Crippen molar-refractivity contribution in [3.05, 3.63) is 23.8 Å². The molecule has 0 radical (unpaired) electrons. The Balaban J connectivity index is 1.59. The van der Waals surface area contributed by atoms with Crippen LogP contribution in [0.3, 0.4) is 0 Å². The van der Waals surface area contributed by atoms with Gasteiger partial charge in [0.1, 0.15) is 11.8 Å². The highest BCUT2D eigenvalue weighted by atomic mass is 19.1. The summed E-state index contributed by atoms with van der Waals surface area (Å²) in [7, 11) is 0. The van der Waals surface area contributed by atoms with Gasteiger partial charge in [0.15, 0.2) is 23.5 Å². The van der Waals surface area contributed by atoms with Crippen LogP contribution in [-0.2, 0) is 19.1 Å². The van der Waals surface area contributed by atoms with Gasteiger partial charge in [-0.3, -0.25) is 9.59 Å². The Labute approximate surface area is 186 Å².